The van der Waals surface area contributed by atoms with Crippen LogP contribution >= 0.6 is 0 Å². The molecule has 1 heterocycles. The van der Waals surface area contributed by atoms with E-state index in [-0.39, 0.29) is 5.56 Å². The molecule has 2 aromatic carbocycles. The monoisotopic (exact) mass is 385 g/mol. The number of unbranched alkanes of at least 4 members (excludes halogenated alkanes) is 1. The minimum Gasteiger partial charge on any atom is -0.328 e. The number of hydrogen-bond acceptors (Lipinski definition) is 4. The largest absolute Gasteiger partial charge is 0.328 e. The Morgan fingerprint density at radius 2 is 1.86 bits per heavy atom. The normalized spacial score (nSPS) is 10.5. The molecule has 0 radical (unpaired) electrons. The van der Waals surface area contributed by atoms with Gasteiger partial charge in [-0.3, -0.25) is 9.59 Å². The molecule has 0 N–H and O–H groups in total. The first kappa shape index (κ1) is 20.2. The lowest BCUT2D eigenvalue weighted by Gasteiger charge is -2.17. The molecule has 0 aliphatic rings. The Morgan fingerprint density at radius 3 is 2.52 bits per heavy atom. The lowest BCUT2D eigenvalue weighted by Crippen LogP contribution is -2.25. The molecule has 0 unspecified atom stereocenters. The Hall–Kier alpha value is -3.52. The first-order valence-corrected chi connectivity index (χ1v) is 9.73. The highest BCUT2D eigenvalue weighted by Crippen LogP contribution is 2.24. The summed E-state index contributed by atoms with van der Waals surface area (Å²) in [6.07, 6.45) is 3.21. The Balaban J connectivity index is 1.97. The van der Waals surface area contributed by atoms with Crippen LogP contribution in [-0.4, -0.2) is 15.8 Å². The summed E-state index contributed by atoms with van der Waals surface area (Å²) in [5.41, 5.74) is 3.85. The molecule has 0 aliphatic carbocycles. The highest BCUT2D eigenvalue weighted by molar-refractivity contribution is 5.75. The summed E-state index contributed by atoms with van der Waals surface area (Å²) in [7, 11) is 0. The minimum atomic E-state index is -0.455. The molecule has 0 saturated heterocycles. The van der Waals surface area contributed by atoms with Gasteiger partial charge in [0.15, 0.2) is 6.29 Å². The molecule has 29 heavy (non-hydrogen) atoms. The third kappa shape index (κ3) is 4.33. The van der Waals surface area contributed by atoms with Crippen LogP contribution in [0.5, 0.6) is 0 Å². The van der Waals surface area contributed by atoms with Crippen LogP contribution < -0.4 is 5.56 Å². The zero-order valence-electron chi connectivity index (χ0n) is 16.7. The number of aryl methyl sites for hydroxylation is 1. The third-order valence-corrected chi connectivity index (χ3v) is 5.09. The average Bonchev–Trinajstić information content (AvgIpc) is 2.75. The van der Waals surface area contributed by atoms with E-state index in [2.05, 4.69) is 18.0 Å². The van der Waals surface area contributed by atoms with Crippen LogP contribution in [0.25, 0.3) is 11.1 Å². The molecule has 0 atom stereocenters. The van der Waals surface area contributed by atoms with Crippen molar-refractivity contribution in [1.29, 1.82) is 5.26 Å². The zero-order valence-corrected chi connectivity index (χ0v) is 16.7. The number of carbonyl (C=O) groups is 1. The van der Waals surface area contributed by atoms with Gasteiger partial charge in [0.2, 0.25) is 0 Å². The van der Waals surface area contributed by atoms with Crippen LogP contribution in [-0.2, 0) is 13.0 Å². The van der Waals surface area contributed by atoms with Gasteiger partial charge in [-0.05, 0) is 36.1 Å². The van der Waals surface area contributed by atoms with Gasteiger partial charge in [0, 0.05) is 18.7 Å². The minimum absolute atomic E-state index is 0.116. The van der Waals surface area contributed by atoms with E-state index in [0.29, 0.717) is 36.3 Å². The van der Waals surface area contributed by atoms with Gasteiger partial charge >= 0.3 is 0 Å². The summed E-state index contributed by atoms with van der Waals surface area (Å²) in [5, 5.41) is 9.32. The van der Waals surface area contributed by atoms with Crippen molar-refractivity contribution in [2.24, 2.45) is 0 Å². The van der Waals surface area contributed by atoms with E-state index < -0.39 is 5.56 Å². The fourth-order valence-corrected chi connectivity index (χ4v) is 3.41. The number of rotatable bonds is 7. The van der Waals surface area contributed by atoms with Gasteiger partial charge in [-0.1, -0.05) is 55.8 Å². The molecular weight excluding hydrogens is 362 g/mol. The number of carbonyl (C=O) groups excluding carboxylic acids is 1. The maximum absolute atomic E-state index is 12.1. The quantitative estimate of drug-likeness (QED) is 0.569. The van der Waals surface area contributed by atoms with E-state index in [0.717, 1.165) is 29.5 Å². The number of hydrogen-bond donors (Lipinski definition) is 0. The highest BCUT2D eigenvalue weighted by Gasteiger charge is 2.14. The molecule has 0 fully saturated rings. The maximum atomic E-state index is 12.1. The van der Waals surface area contributed by atoms with Crippen molar-refractivity contribution >= 4 is 6.29 Å². The van der Waals surface area contributed by atoms with Crippen LogP contribution in [0.3, 0.4) is 0 Å². The van der Waals surface area contributed by atoms with Crippen LogP contribution in [0, 0.1) is 18.3 Å². The number of benzene rings is 2. The summed E-state index contributed by atoms with van der Waals surface area (Å²) >= 11 is 0. The van der Waals surface area contributed by atoms with Crippen molar-refractivity contribution in [1.82, 2.24) is 9.55 Å². The third-order valence-electron chi connectivity index (χ3n) is 5.09. The van der Waals surface area contributed by atoms with Gasteiger partial charge in [0.05, 0.1) is 11.6 Å². The van der Waals surface area contributed by atoms with Gasteiger partial charge in [-0.2, -0.15) is 10.2 Å². The molecule has 0 spiro atoms. The van der Waals surface area contributed by atoms with Gasteiger partial charge in [-0.15, -0.1) is 0 Å². The van der Waals surface area contributed by atoms with Crippen LogP contribution in [0.1, 0.15) is 52.8 Å². The molecule has 0 saturated carbocycles. The molecule has 0 bridgehead atoms. The van der Waals surface area contributed by atoms with Crippen molar-refractivity contribution in [3.8, 4) is 17.2 Å². The second-order valence-electron chi connectivity index (χ2n) is 6.99. The SMILES string of the molecule is CCCCc1nc(=O)c(C=O)c(C)n1Cc1ccc(-c2ccccc2C#N)cc1. The van der Waals surface area contributed by atoms with Gasteiger partial charge in [0.1, 0.15) is 11.4 Å². The number of nitriles is 1. The van der Waals surface area contributed by atoms with Crippen molar-refractivity contribution in [2.45, 2.75) is 39.7 Å². The standard InChI is InChI=1S/C24H23N3O2/c1-3-4-9-23-26-24(29)22(16-28)17(2)27(23)15-18-10-12-19(13-11-18)21-8-6-5-7-20(21)14-25/h5-8,10-13,16H,3-4,9,15H2,1-2H3. The molecule has 3 rings (SSSR count). The first-order chi connectivity index (χ1) is 14.1. The van der Waals surface area contributed by atoms with Crippen molar-refractivity contribution in [3.63, 3.8) is 0 Å². The van der Waals surface area contributed by atoms with Crippen molar-refractivity contribution < 1.29 is 4.79 Å². The predicted octanol–water partition coefficient (Wildman–Crippen LogP) is 4.29. The Morgan fingerprint density at radius 1 is 1.14 bits per heavy atom. The Labute approximate surface area is 170 Å². The summed E-state index contributed by atoms with van der Waals surface area (Å²) in [4.78, 5) is 27.7. The van der Waals surface area contributed by atoms with E-state index >= 15 is 0 Å². The summed E-state index contributed by atoms with van der Waals surface area (Å²) < 4.78 is 1.96. The smallest absolute Gasteiger partial charge is 0.283 e. The van der Waals surface area contributed by atoms with Crippen LogP contribution in [0.2, 0.25) is 0 Å². The lowest BCUT2D eigenvalue weighted by atomic mass is 9.99. The average molecular weight is 385 g/mol. The molecule has 146 valence electrons. The zero-order chi connectivity index (χ0) is 20.8. The number of nitrogens with zero attached hydrogens (tertiary/aromatic N) is 3. The summed E-state index contributed by atoms with van der Waals surface area (Å²) in [5.74, 6) is 0.707. The van der Waals surface area contributed by atoms with Crippen molar-refractivity contribution in [2.75, 3.05) is 0 Å². The second-order valence-corrected chi connectivity index (χ2v) is 6.99. The van der Waals surface area contributed by atoms with Crippen LogP contribution in [0.4, 0.5) is 0 Å². The highest BCUT2D eigenvalue weighted by atomic mass is 16.1. The number of aldehydes is 1. The molecule has 3 aromatic rings. The number of aromatic nitrogens is 2. The summed E-state index contributed by atoms with van der Waals surface area (Å²) in [6.45, 7) is 4.41. The van der Waals surface area contributed by atoms with E-state index in [9.17, 15) is 14.9 Å². The first-order valence-electron chi connectivity index (χ1n) is 9.73. The summed E-state index contributed by atoms with van der Waals surface area (Å²) in [6, 6.07) is 17.7. The van der Waals surface area contributed by atoms with Crippen molar-refractivity contribution in [3.05, 3.63) is 87.1 Å². The van der Waals surface area contributed by atoms with E-state index in [1.54, 1.807) is 13.0 Å². The molecule has 1 aromatic heterocycles. The molecule has 5 nitrogen and oxygen atoms in total. The topological polar surface area (TPSA) is 75.8 Å². The molecule has 0 aliphatic heterocycles. The Bertz CT molecular complexity index is 1120. The Kier molecular flexibility index (Phi) is 6.36. The predicted molar refractivity (Wildman–Crippen MR) is 113 cm³/mol. The molecule has 0 amide bonds. The lowest BCUT2D eigenvalue weighted by molar-refractivity contribution is 0.112. The van der Waals surface area contributed by atoms with Gasteiger partial charge in [0.25, 0.3) is 5.56 Å². The fraction of sp³-hybridized carbons (Fsp3) is 0.250. The van der Waals surface area contributed by atoms with E-state index in [1.165, 1.54) is 0 Å². The van der Waals surface area contributed by atoms with E-state index in [4.69, 9.17) is 0 Å². The molecule has 5 heteroatoms. The van der Waals surface area contributed by atoms with Gasteiger partial charge < -0.3 is 4.57 Å². The molecular formula is C24H23N3O2. The van der Waals surface area contributed by atoms with Gasteiger partial charge in [-0.25, -0.2) is 0 Å². The second kappa shape index (κ2) is 9.11. The maximum Gasteiger partial charge on any atom is 0.283 e. The fourth-order valence-electron chi connectivity index (χ4n) is 3.41. The van der Waals surface area contributed by atoms with Crippen LogP contribution in [0.15, 0.2) is 53.3 Å². The van der Waals surface area contributed by atoms with E-state index in [1.807, 2.05) is 47.0 Å².